The van der Waals surface area contributed by atoms with Gasteiger partial charge in [0.25, 0.3) is 0 Å². The smallest absolute Gasteiger partial charge is 0.244 e. The summed E-state index contributed by atoms with van der Waals surface area (Å²) < 4.78 is 0. The summed E-state index contributed by atoms with van der Waals surface area (Å²) in [5.74, 6) is -0.515. The number of hydrogen-bond donors (Lipinski definition) is 1. The van der Waals surface area contributed by atoms with Gasteiger partial charge >= 0.3 is 0 Å². The molecule has 5 rings (SSSR count). The molecule has 108 valence electrons. The highest BCUT2D eigenvalue weighted by molar-refractivity contribution is 6.22. The van der Waals surface area contributed by atoms with Gasteiger partial charge in [-0.25, -0.2) is 4.90 Å². The molecule has 0 radical (unpaired) electrons. The molecular formula is C18H15N2O2+. The second kappa shape index (κ2) is 4.05. The van der Waals surface area contributed by atoms with Gasteiger partial charge in [0, 0.05) is 11.1 Å². The van der Waals surface area contributed by atoms with E-state index in [1.54, 1.807) is 0 Å². The Morgan fingerprint density at radius 2 is 1.23 bits per heavy atom. The van der Waals surface area contributed by atoms with E-state index in [9.17, 15) is 9.59 Å². The Balaban J connectivity index is 1.62. The molecule has 0 spiro atoms. The minimum atomic E-state index is -0.215. The van der Waals surface area contributed by atoms with Crippen molar-refractivity contribution in [3.05, 3.63) is 65.7 Å². The number of rotatable bonds is 1. The molecule has 2 aromatic carbocycles. The van der Waals surface area contributed by atoms with Crippen LogP contribution in [0.5, 0.6) is 0 Å². The highest BCUT2D eigenvalue weighted by atomic mass is 16.2. The molecule has 2 N–H and O–H groups in total. The molecule has 2 bridgehead atoms. The Hall–Kier alpha value is -2.46. The van der Waals surface area contributed by atoms with Gasteiger partial charge in [-0.1, -0.05) is 42.5 Å². The number of fused-ring (bicyclic) bond motifs is 8. The molecule has 2 aromatic rings. The molecular weight excluding hydrogens is 276 g/mol. The first-order valence-electron chi connectivity index (χ1n) is 7.64. The lowest BCUT2D eigenvalue weighted by Gasteiger charge is -2.16. The number of nitrogens with two attached hydrogens (primary N) is 1. The molecule has 2 fully saturated rings. The lowest BCUT2D eigenvalue weighted by atomic mass is 9.77. The highest BCUT2D eigenvalue weighted by Gasteiger charge is 2.66. The van der Waals surface area contributed by atoms with Gasteiger partial charge in [-0.2, -0.15) is 0 Å². The van der Waals surface area contributed by atoms with Crippen LogP contribution in [0, 0.1) is 11.8 Å². The zero-order chi connectivity index (χ0) is 14.8. The Bertz CT molecular complexity index is 755. The molecule has 0 aliphatic carbocycles. The Morgan fingerprint density at radius 1 is 0.727 bits per heavy atom. The molecule has 22 heavy (non-hydrogen) atoms. The predicted octanol–water partition coefficient (Wildman–Crippen LogP) is 1.17. The van der Waals surface area contributed by atoms with Gasteiger partial charge in [-0.3, -0.25) is 9.59 Å². The normalized spacial score (nSPS) is 31.5. The minimum Gasteiger partial charge on any atom is -0.332 e. The summed E-state index contributed by atoms with van der Waals surface area (Å²) >= 11 is 0. The molecule has 4 atom stereocenters. The van der Waals surface area contributed by atoms with E-state index >= 15 is 0 Å². The summed E-state index contributed by atoms with van der Waals surface area (Å²) in [5, 5.41) is 2.21. The number of carbonyl (C=O) groups excluding carboxylic acids is 2. The third kappa shape index (κ3) is 1.31. The lowest BCUT2D eigenvalue weighted by Crippen LogP contribution is -2.81. The first kappa shape index (κ1) is 12.1. The van der Waals surface area contributed by atoms with Crippen LogP contribution in [0.2, 0.25) is 0 Å². The molecule has 4 heteroatoms. The van der Waals surface area contributed by atoms with Gasteiger partial charge in [0.15, 0.2) is 0 Å². The average molecular weight is 291 g/mol. The quantitative estimate of drug-likeness (QED) is 0.802. The van der Waals surface area contributed by atoms with Crippen molar-refractivity contribution in [1.82, 2.24) is 0 Å². The van der Waals surface area contributed by atoms with E-state index in [1.807, 2.05) is 42.5 Å². The zero-order valence-corrected chi connectivity index (χ0v) is 11.8. The maximum Gasteiger partial charge on any atom is 0.244 e. The van der Waals surface area contributed by atoms with Crippen molar-refractivity contribution in [3.8, 4) is 0 Å². The predicted molar refractivity (Wildman–Crippen MR) is 79.8 cm³/mol. The van der Waals surface area contributed by atoms with E-state index in [1.165, 1.54) is 16.0 Å². The molecule has 3 aliphatic heterocycles. The summed E-state index contributed by atoms with van der Waals surface area (Å²) in [6, 6.07) is 17.7. The van der Waals surface area contributed by atoms with Gasteiger partial charge in [0.2, 0.25) is 11.8 Å². The summed E-state index contributed by atoms with van der Waals surface area (Å²) in [4.78, 5) is 27.2. The van der Waals surface area contributed by atoms with Gasteiger partial charge in [0.05, 0.1) is 5.69 Å². The number of anilines is 1. The molecule has 2 amide bonds. The molecule has 3 heterocycles. The number of benzene rings is 2. The summed E-state index contributed by atoms with van der Waals surface area (Å²) in [6.07, 6.45) is 0. The van der Waals surface area contributed by atoms with Crippen LogP contribution >= 0.6 is 0 Å². The number of hydrogen-bond acceptors (Lipinski definition) is 2. The van der Waals surface area contributed by atoms with E-state index in [2.05, 4.69) is 17.4 Å². The fourth-order valence-electron chi connectivity index (χ4n) is 4.47. The summed E-state index contributed by atoms with van der Waals surface area (Å²) in [7, 11) is 0. The van der Waals surface area contributed by atoms with Crippen molar-refractivity contribution in [2.45, 2.75) is 12.1 Å². The van der Waals surface area contributed by atoms with E-state index in [0.717, 1.165) is 0 Å². The van der Waals surface area contributed by atoms with Gasteiger partial charge in [-0.15, -0.1) is 0 Å². The molecule has 3 aliphatic rings. The van der Waals surface area contributed by atoms with Crippen LogP contribution in [0.25, 0.3) is 0 Å². The maximum absolute atomic E-state index is 12.9. The number of imide groups is 1. The van der Waals surface area contributed by atoms with Crippen LogP contribution in [0.15, 0.2) is 54.6 Å². The standard InChI is InChI=1S/C18H14N2O2/c21-17-13-14(18(22)20(17)10-6-2-1-3-7-10)16-12-9-5-4-8-11(12)15(13)19-16/h1-9,13-16,19H/p+1/t13-,14+,15-,16+. The molecule has 0 saturated carbocycles. The van der Waals surface area contributed by atoms with Crippen LogP contribution in [-0.2, 0) is 9.59 Å². The zero-order valence-electron chi connectivity index (χ0n) is 11.8. The maximum atomic E-state index is 12.9. The SMILES string of the molecule is O=C1[C@@H]2[C@H](C(=O)N1c1ccccc1)[C@H]1[NH2+][C@@H]2c2ccccc21. The Kier molecular flexibility index (Phi) is 2.23. The van der Waals surface area contributed by atoms with Crippen LogP contribution < -0.4 is 10.2 Å². The largest absolute Gasteiger partial charge is 0.332 e. The fourth-order valence-corrected chi connectivity index (χ4v) is 4.47. The van der Waals surface area contributed by atoms with Crippen molar-refractivity contribution < 1.29 is 14.9 Å². The van der Waals surface area contributed by atoms with E-state index < -0.39 is 0 Å². The number of quaternary nitrogens is 1. The van der Waals surface area contributed by atoms with E-state index in [4.69, 9.17) is 0 Å². The van der Waals surface area contributed by atoms with Crippen molar-refractivity contribution in [2.24, 2.45) is 11.8 Å². The summed E-state index contributed by atoms with van der Waals surface area (Å²) in [6.45, 7) is 0. The third-order valence-corrected chi connectivity index (χ3v) is 5.32. The lowest BCUT2D eigenvalue weighted by molar-refractivity contribution is -0.707. The van der Waals surface area contributed by atoms with E-state index in [0.29, 0.717) is 5.69 Å². The van der Waals surface area contributed by atoms with Crippen molar-refractivity contribution in [1.29, 1.82) is 0 Å². The second-order valence-electron chi connectivity index (χ2n) is 6.27. The molecule has 4 nitrogen and oxygen atoms in total. The topological polar surface area (TPSA) is 54.0 Å². The Labute approximate surface area is 127 Å². The minimum absolute atomic E-state index is 0.0422. The number of para-hydroxylation sites is 1. The third-order valence-electron chi connectivity index (χ3n) is 5.32. The molecule has 2 saturated heterocycles. The number of nitrogens with zero attached hydrogens (tertiary/aromatic N) is 1. The second-order valence-corrected chi connectivity index (χ2v) is 6.27. The highest BCUT2D eigenvalue weighted by Crippen LogP contribution is 2.51. The van der Waals surface area contributed by atoms with Crippen molar-refractivity contribution in [3.63, 3.8) is 0 Å². The van der Waals surface area contributed by atoms with E-state index in [-0.39, 0.29) is 35.7 Å². The number of amides is 2. The monoisotopic (exact) mass is 291 g/mol. The van der Waals surface area contributed by atoms with Crippen molar-refractivity contribution >= 4 is 17.5 Å². The van der Waals surface area contributed by atoms with Crippen molar-refractivity contribution in [2.75, 3.05) is 4.90 Å². The van der Waals surface area contributed by atoms with Gasteiger partial charge in [0.1, 0.15) is 23.9 Å². The fraction of sp³-hybridized carbons (Fsp3) is 0.222. The van der Waals surface area contributed by atoms with Crippen LogP contribution in [0.3, 0.4) is 0 Å². The van der Waals surface area contributed by atoms with Crippen LogP contribution in [-0.4, -0.2) is 11.8 Å². The average Bonchev–Trinajstić information content (AvgIpc) is 3.19. The van der Waals surface area contributed by atoms with Gasteiger partial charge < -0.3 is 5.32 Å². The first-order chi connectivity index (χ1) is 10.8. The molecule has 0 aromatic heterocycles. The first-order valence-corrected chi connectivity index (χ1v) is 7.64. The van der Waals surface area contributed by atoms with Crippen LogP contribution in [0.1, 0.15) is 23.2 Å². The number of carbonyl (C=O) groups is 2. The molecule has 0 unspecified atom stereocenters. The van der Waals surface area contributed by atoms with Gasteiger partial charge in [-0.05, 0) is 12.1 Å². The summed E-state index contributed by atoms with van der Waals surface area (Å²) in [5.41, 5.74) is 3.14. The Morgan fingerprint density at radius 3 is 1.77 bits per heavy atom. The van der Waals surface area contributed by atoms with Crippen LogP contribution in [0.4, 0.5) is 5.69 Å².